The SMILES string of the molecule is Brc1ccc(Sc2ncc(Br)cn2)cc1. The van der Waals surface area contributed by atoms with Crippen molar-refractivity contribution in [3.63, 3.8) is 0 Å². The Bertz CT molecular complexity index is 398. The van der Waals surface area contributed by atoms with Gasteiger partial charge in [-0.2, -0.15) is 0 Å². The first-order valence-corrected chi connectivity index (χ1v) is 6.55. The highest BCUT2D eigenvalue weighted by Gasteiger charge is 1.99. The molecule has 0 fully saturated rings. The van der Waals surface area contributed by atoms with Crippen LogP contribution in [0.3, 0.4) is 0 Å². The fraction of sp³-hybridized carbons (Fsp3) is 0. The van der Waals surface area contributed by atoms with E-state index in [1.807, 2.05) is 24.3 Å². The second-order valence-electron chi connectivity index (χ2n) is 2.74. The molecule has 0 N–H and O–H groups in total. The van der Waals surface area contributed by atoms with E-state index >= 15 is 0 Å². The zero-order valence-corrected chi connectivity index (χ0v) is 11.5. The molecule has 0 aliphatic heterocycles. The van der Waals surface area contributed by atoms with E-state index in [2.05, 4.69) is 41.8 Å². The maximum atomic E-state index is 4.19. The molecule has 0 saturated heterocycles. The van der Waals surface area contributed by atoms with Gasteiger partial charge in [0.2, 0.25) is 0 Å². The van der Waals surface area contributed by atoms with Crippen molar-refractivity contribution >= 4 is 43.6 Å². The Labute approximate surface area is 109 Å². The van der Waals surface area contributed by atoms with E-state index in [-0.39, 0.29) is 0 Å². The van der Waals surface area contributed by atoms with Crippen molar-refractivity contribution in [3.8, 4) is 0 Å². The smallest absolute Gasteiger partial charge is 0.192 e. The number of hydrogen-bond acceptors (Lipinski definition) is 3. The predicted octanol–water partition coefficient (Wildman–Crippen LogP) is 4.15. The highest BCUT2D eigenvalue weighted by Crippen LogP contribution is 2.25. The van der Waals surface area contributed by atoms with Crippen LogP contribution in [0.1, 0.15) is 0 Å². The molecule has 0 aliphatic rings. The van der Waals surface area contributed by atoms with Gasteiger partial charge in [-0.25, -0.2) is 9.97 Å². The van der Waals surface area contributed by atoms with E-state index in [0.717, 1.165) is 19.0 Å². The number of halogens is 2. The van der Waals surface area contributed by atoms with Gasteiger partial charge in [-0.15, -0.1) is 0 Å². The van der Waals surface area contributed by atoms with Crippen LogP contribution in [0.25, 0.3) is 0 Å². The molecule has 0 spiro atoms. The van der Waals surface area contributed by atoms with Crippen LogP contribution >= 0.6 is 43.6 Å². The van der Waals surface area contributed by atoms with E-state index in [4.69, 9.17) is 0 Å². The normalized spacial score (nSPS) is 10.3. The van der Waals surface area contributed by atoms with Gasteiger partial charge in [-0.1, -0.05) is 15.9 Å². The van der Waals surface area contributed by atoms with Gasteiger partial charge in [0.25, 0.3) is 0 Å². The number of rotatable bonds is 2. The third-order valence-electron chi connectivity index (χ3n) is 1.62. The molecule has 1 aromatic carbocycles. The van der Waals surface area contributed by atoms with E-state index in [9.17, 15) is 0 Å². The number of nitrogens with zero attached hydrogens (tertiary/aromatic N) is 2. The van der Waals surface area contributed by atoms with E-state index in [0.29, 0.717) is 0 Å². The van der Waals surface area contributed by atoms with Crippen molar-refractivity contribution in [2.45, 2.75) is 10.1 Å². The third-order valence-corrected chi connectivity index (χ3v) is 3.46. The molecule has 5 heteroatoms. The Balaban J connectivity index is 2.15. The molecule has 0 unspecified atom stereocenters. The van der Waals surface area contributed by atoms with Crippen molar-refractivity contribution in [3.05, 3.63) is 45.6 Å². The average molecular weight is 346 g/mol. The molecule has 0 atom stereocenters. The Hall–Kier alpha value is -0.390. The van der Waals surface area contributed by atoms with Gasteiger partial charge in [0, 0.05) is 21.8 Å². The van der Waals surface area contributed by atoms with Gasteiger partial charge in [0.05, 0.1) is 4.47 Å². The summed E-state index contributed by atoms with van der Waals surface area (Å²) in [5.41, 5.74) is 0. The van der Waals surface area contributed by atoms with Gasteiger partial charge in [0.1, 0.15) is 0 Å². The molecule has 15 heavy (non-hydrogen) atoms. The van der Waals surface area contributed by atoms with Gasteiger partial charge in [-0.05, 0) is 52.0 Å². The van der Waals surface area contributed by atoms with Crippen LogP contribution in [0.4, 0.5) is 0 Å². The summed E-state index contributed by atoms with van der Waals surface area (Å²) >= 11 is 8.23. The summed E-state index contributed by atoms with van der Waals surface area (Å²) < 4.78 is 1.96. The van der Waals surface area contributed by atoms with E-state index < -0.39 is 0 Å². The lowest BCUT2D eigenvalue weighted by molar-refractivity contribution is 0.958. The monoisotopic (exact) mass is 344 g/mol. The molecule has 0 aliphatic carbocycles. The molecule has 1 heterocycles. The van der Waals surface area contributed by atoms with Crippen LogP contribution in [-0.2, 0) is 0 Å². The summed E-state index contributed by atoms with van der Waals surface area (Å²) in [4.78, 5) is 9.50. The van der Waals surface area contributed by atoms with Crippen molar-refractivity contribution in [2.75, 3.05) is 0 Å². The minimum absolute atomic E-state index is 0.750. The van der Waals surface area contributed by atoms with E-state index in [1.165, 1.54) is 0 Å². The summed E-state index contributed by atoms with van der Waals surface area (Å²) in [5.74, 6) is 0. The molecule has 2 aromatic rings. The summed E-state index contributed by atoms with van der Waals surface area (Å²) in [6.07, 6.45) is 3.49. The Morgan fingerprint density at radius 1 is 0.867 bits per heavy atom. The number of hydrogen-bond donors (Lipinski definition) is 0. The topological polar surface area (TPSA) is 25.8 Å². The van der Waals surface area contributed by atoms with Crippen LogP contribution in [-0.4, -0.2) is 9.97 Å². The van der Waals surface area contributed by atoms with Gasteiger partial charge >= 0.3 is 0 Å². The molecule has 1 aromatic heterocycles. The van der Waals surface area contributed by atoms with Crippen LogP contribution < -0.4 is 0 Å². The lowest BCUT2D eigenvalue weighted by atomic mass is 10.4. The minimum atomic E-state index is 0.750. The molecule has 2 rings (SSSR count). The maximum Gasteiger partial charge on any atom is 0.192 e. The maximum absolute atomic E-state index is 4.19. The third kappa shape index (κ3) is 3.29. The van der Waals surface area contributed by atoms with Crippen molar-refractivity contribution in [1.82, 2.24) is 9.97 Å². The highest BCUT2D eigenvalue weighted by atomic mass is 79.9. The summed E-state index contributed by atoms with van der Waals surface area (Å²) in [7, 11) is 0. The van der Waals surface area contributed by atoms with Gasteiger partial charge < -0.3 is 0 Å². The van der Waals surface area contributed by atoms with Crippen LogP contribution in [0.5, 0.6) is 0 Å². The first-order valence-electron chi connectivity index (χ1n) is 4.15. The molecule has 0 saturated carbocycles. The van der Waals surface area contributed by atoms with Crippen molar-refractivity contribution < 1.29 is 0 Å². The predicted molar refractivity (Wildman–Crippen MR) is 68.0 cm³/mol. The largest absolute Gasteiger partial charge is 0.230 e. The Morgan fingerprint density at radius 2 is 1.47 bits per heavy atom. The molecule has 0 bridgehead atoms. The zero-order chi connectivity index (χ0) is 10.7. The summed E-state index contributed by atoms with van der Waals surface area (Å²) in [6, 6.07) is 8.06. The molecule has 76 valence electrons. The van der Waals surface area contributed by atoms with Crippen LogP contribution in [0, 0.1) is 0 Å². The summed E-state index contributed by atoms with van der Waals surface area (Å²) in [6.45, 7) is 0. The first kappa shape index (κ1) is 11.1. The second-order valence-corrected chi connectivity index (χ2v) is 5.61. The van der Waals surface area contributed by atoms with Crippen molar-refractivity contribution in [2.24, 2.45) is 0 Å². The molecule has 2 nitrogen and oxygen atoms in total. The van der Waals surface area contributed by atoms with Crippen LogP contribution in [0.2, 0.25) is 0 Å². The average Bonchev–Trinajstić information content (AvgIpc) is 2.25. The quantitative estimate of drug-likeness (QED) is 0.764. The van der Waals surface area contributed by atoms with Gasteiger partial charge in [0.15, 0.2) is 5.16 Å². The first-order chi connectivity index (χ1) is 7.24. The summed E-state index contributed by atoms with van der Waals surface area (Å²) in [5, 5.41) is 0.750. The molecular weight excluding hydrogens is 340 g/mol. The standard InChI is InChI=1S/C10H6Br2N2S/c11-7-1-3-9(4-2-7)15-10-13-5-8(12)6-14-10/h1-6H. The van der Waals surface area contributed by atoms with Crippen LogP contribution in [0.15, 0.2) is 55.7 Å². The second kappa shape index (κ2) is 5.09. The fourth-order valence-electron chi connectivity index (χ4n) is 0.961. The lowest BCUT2D eigenvalue weighted by Gasteiger charge is -1.99. The number of benzene rings is 1. The van der Waals surface area contributed by atoms with E-state index in [1.54, 1.807) is 24.2 Å². The van der Waals surface area contributed by atoms with Gasteiger partial charge in [-0.3, -0.25) is 0 Å². The Kier molecular flexibility index (Phi) is 3.77. The zero-order valence-electron chi connectivity index (χ0n) is 7.52. The molecular formula is C10H6Br2N2S. The number of aromatic nitrogens is 2. The Morgan fingerprint density at radius 3 is 2.07 bits per heavy atom. The highest BCUT2D eigenvalue weighted by molar-refractivity contribution is 9.10. The minimum Gasteiger partial charge on any atom is -0.230 e. The lowest BCUT2D eigenvalue weighted by Crippen LogP contribution is -1.84. The molecule has 0 radical (unpaired) electrons. The van der Waals surface area contributed by atoms with Crippen molar-refractivity contribution in [1.29, 1.82) is 0 Å². The molecule has 0 amide bonds. The fourth-order valence-corrected chi connectivity index (χ4v) is 2.12.